The molecule has 3 N–H and O–H groups in total. The number of rotatable bonds is 5. The molecule has 1 aliphatic rings. The fourth-order valence-electron chi connectivity index (χ4n) is 2.38. The van der Waals surface area contributed by atoms with Crippen LogP contribution in [0.25, 0.3) is 0 Å². The molecule has 1 aromatic heterocycles. The second-order valence-electron chi connectivity index (χ2n) is 4.94. The Kier molecular flexibility index (Phi) is 4.92. The lowest BCUT2D eigenvalue weighted by atomic mass is 10.0. The number of ether oxygens (including phenoxy) is 1. The van der Waals surface area contributed by atoms with Gasteiger partial charge in [-0.2, -0.15) is 0 Å². The first kappa shape index (κ1) is 13.3. The largest absolute Gasteiger partial charge is 0.381 e. The minimum Gasteiger partial charge on any atom is -0.381 e. The summed E-state index contributed by atoms with van der Waals surface area (Å²) in [5.74, 6) is 6.72. The van der Waals surface area contributed by atoms with Gasteiger partial charge >= 0.3 is 0 Å². The van der Waals surface area contributed by atoms with Crippen LogP contribution in [0.2, 0.25) is 0 Å². The van der Waals surface area contributed by atoms with Crippen molar-refractivity contribution in [2.45, 2.75) is 19.4 Å². The average Bonchev–Trinajstić information content (AvgIpc) is 2.40. The highest BCUT2D eigenvalue weighted by Crippen LogP contribution is 2.15. The van der Waals surface area contributed by atoms with E-state index in [2.05, 4.69) is 22.4 Å². The second kappa shape index (κ2) is 6.68. The van der Waals surface area contributed by atoms with E-state index in [-0.39, 0.29) is 0 Å². The van der Waals surface area contributed by atoms with Gasteiger partial charge in [0.15, 0.2) is 0 Å². The number of hydrogen-bond acceptors (Lipinski definition) is 5. The zero-order chi connectivity index (χ0) is 12.8. The van der Waals surface area contributed by atoms with Crippen LogP contribution in [0.3, 0.4) is 0 Å². The van der Waals surface area contributed by atoms with Crippen LogP contribution in [0.1, 0.15) is 18.5 Å². The fourth-order valence-corrected chi connectivity index (χ4v) is 2.38. The third-order valence-electron chi connectivity index (χ3n) is 3.21. The lowest BCUT2D eigenvalue weighted by molar-refractivity contribution is 0.0410. The number of anilines is 1. The summed E-state index contributed by atoms with van der Waals surface area (Å²) in [6.45, 7) is 3.71. The summed E-state index contributed by atoms with van der Waals surface area (Å²) in [7, 11) is 2.12. The predicted octanol–water partition coefficient (Wildman–Crippen LogP) is 1.23. The van der Waals surface area contributed by atoms with Crippen LogP contribution in [0.4, 0.5) is 5.82 Å². The topological polar surface area (TPSA) is 63.4 Å². The Bertz CT molecular complexity index is 366. The Labute approximate surface area is 108 Å². The van der Waals surface area contributed by atoms with E-state index in [4.69, 9.17) is 10.6 Å². The summed E-state index contributed by atoms with van der Waals surface area (Å²) >= 11 is 0. The molecule has 0 spiro atoms. The van der Waals surface area contributed by atoms with E-state index in [1.165, 1.54) is 12.8 Å². The maximum Gasteiger partial charge on any atom is 0.140 e. The van der Waals surface area contributed by atoms with Crippen molar-refractivity contribution in [3.05, 3.63) is 23.9 Å². The van der Waals surface area contributed by atoms with Crippen molar-refractivity contribution in [2.24, 2.45) is 11.8 Å². The van der Waals surface area contributed by atoms with Gasteiger partial charge in [0.1, 0.15) is 5.82 Å². The van der Waals surface area contributed by atoms with Crippen LogP contribution in [0.15, 0.2) is 18.2 Å². The molecule has 0 amide bonds. The van der Waals surface area contributed by atoms with Crippen molar-refractivity contribution in [1.29, 1.82) is 0 Å². The zero-order valence-electron chi connectivity index (χ0n) is 10.9. The van der Waals surface area contributed by atoms with Gasteiger partial charge in [-0.1, -0.05) is 6.07 Å². The van der Waals surface area contributed by atoms with Gasteiger partial charge in [-0.25, -0.2) is 10.8 Å². The summed E-state index contributed by atoms with van der Waals surface area (Å²) in [6, 6.07) is 5.85. The predicted molar refractivity (Wildman–Crippen MR) is 71.9 cm³/mol. The molecule has 5 heteroatoms. The minimum absolute atomic E-state index is 0.652. The molecule has 18 heavy (non-hydrogen) atoms. The molecule has 0 aromatic carbocycles. The van der Waals surface area contributed by atoms with Gasteiger partial charge in [-0.05, 0) is 37.9 Å². The van der Waals surface area contributed by atoms with Gasteiger partial charge in [0.05, 0.1) is 12.3 Å². The molecule has 0 saturated carbocycles. The third-order valence-corrected chi connectivity index (χ3v) is 3.21. The molecule has 1 aromatic rings. The normalized spacial score (nSPS) is 20.1. The smallest absolute Gasteiger partial charge is 0.140 e. The first-order chi connectivity index (χ1) is 8.78. The average molecular weight is 250 g/mol. The zero-order valence-corrected chi connectivity index (χ0v) is 10.9. The molecule has 0 aliphatic carbocycles. The summed E-state index contributed by atoms with van der Waals surface area (Å²) in [4.78, 5) is 6.71. The first-order valence-electron chi connectivity index (χ1n) is 6.47. The van der Waals surface area contributed by atoms with Gasteiger partial charge in [-0.3, -0.25) is 0 Å². The van der Waals surface area contributed by atoms with Gasteiger partial charge in [0.2, 0.25) is 0 Å². The standard InChI is InChI=1S/C13H22N4O/c1-17(8-11-4-3-7-18-10-11)9-12-5-2-6-13(15-12)16-14/h2,5-6,11H,3-4,7-10,14H2,1H3,(H,15,16). The summed E-state index contributed by atoms with van der Waals surface area (Å²) in [5, 5.41) is 0. The lowest BCUT2D eigenvalue weighted by Gasteiger charge is -2.26. The van der Waals surface area contributed by atoms with Crippen molar-refractivity contribution in [3.63, 3.8) is 0 Å². The van der Waals surface area contributed by atoms with Crippen molar-refractivity contribution in [2.75, 3.05) is 32.2 Å². The van der Waals surface area contributed by atoms with E-state index >= 15 is 0 Å². The number of nitrogens with one attached hydrogen (secondary N) is 1. The van der Waals surface area contributed by atoms with Crippen LogP contribution in [0.5, 0.6) is 0 Å². The number of nitrogens with two attached hydrogens (primary N) is 1. The highest BCUT2D eigenvalue weighted by Gasteiger charge is 2.16. The first-order valence-corrected chi connectivity index (χ1v) is 6.47. The maximum absolute atomic E-state index is 5.50. The number of nitrogen functional groups attached to an aromatic ring is 1. The molecule has 1 saturated heterocycles. The van der Waals surface area contributed by atoms with Crippen molar-refractivity contribution in [3.8, 4) is 0 Å². The number of pyridine rings is 1. The van der Waals surface area contributed by atoms with E-state index in [9.17, 15) is 0 Å². The minimum atomic E-state index is 0.652. The van der Waals surface area contributed by atoms with Gasteiger partial charge in [0, 0.05) is 19.7 Å². The van der Waals surface area contributed by atoms with Crippen LogP contribution >= 0.6 is 0 Å². The number of hydrazine groups is 1. The second-order valence-corrected chi connectivity index (χ2v) is 4.94. The quantitative estimate of drug-likeness (QED) is 0.608. The third kappa shape index (κ3) is 3.94. The Hall–Kier alpha value is -1.17. The Balaban J connectivity index is 1.83. The van der Waals surface area contributed by atoms with E-state index in [1.54, 1.807) is 0 Å². The molecule has 1 aliphatic heterocycles. The van der Waals surface area contributed by atoms with E-state index in [1.807, 2.05) is 18.2 Å². The Morgan fingerprint density at radius 3 is 3.17 bits per heavy atom. The number of aromatic nitrogens is 1. The summed E-state index contributed by atoms with van der Waals surface area (Å²) in [5.41, 5.74) is 3.60. The molecule has 100 valence electrons. The van der Waals surface area contributed by atoms with Crippen molar-refractivity contribution >= 4 is 5.82 Å². The molecular weight excluding hydrogens is 228 g/mol. The molecule has 1 unspecified atom stereocenters. The Morgan fingerprint density at radius 1 is 1.56 bits per heavy atom. The number of nitrogens with zero attached hydrogens (tertiary/aromatic N) is 2. The fraction of sp³-hybridized carbons (Fsp3) is 0.615. The lowest BCUT2D eigenvalue weighted by Crippen LogP contribution is -2.30. The highest BCUT2D eigenvalue weighted by atomic mass is 16.5. The highest BCUT2D eigenvalue weighted by molar-refractivity contribution is 5.33. The Morgan fingerprint density at radius 2 is 2.44 bits per heavy atom. The van der Waals surface area contributed by atoms with Gasteiger partial charge in [-0.15, -0.1) is 0 Å². The van der Waals surface area contributed by atoms with Gasteiger partial charge in [0.25, 0.3) is 0 Å². The monoisotopic (exact) mass is 250 g/mol. The van der Waals surface area contributed by atoms with E-state index in [0.717, 1.165) is 32.0 Å². The number of hydrogen-bond donors (Lipinski definition) is 2. The molecular formula is C13H22N4O. The molecule has 0 radical (unpaired) electrons. The van der Waals surface area contributed by atoms with Crippen molar-refractivity contribution < 1.29 is 4.74 Å². The molecule has 0 bridgehead atoms. The van der Waals surface area contributed by atoms with Crippen LogP contribution < -0.4 is 11.3 Å². The molecule has 1 fully saturated rings. The summed E-state index contributed by atoms with van der Waals surface area (Å²) < 4.78 is 5.50. The summed E-state index contributed by atoms with van der Waals surface area (Å²) in [6.07, 6.45) is 2.45. The molecule has 2 rings (SSSR count). The maximum atomic E-state index is 5.50. The molecule has 2 heterocycles. The van der Waals surface area contributed by atoms with Crippen LogP contribution in [-0.2, 0) is 11.3 Å². The SMILES string of the molecule is CN(Cc1cccc(NN)n1)CC1CCCOC1. The van der Waals surface area contributed by atoms with E-state index in [0.29, 0.717) is 11.7 Å². The van der Waals surface area contributed by atoms with Crippen LogP contribution in [-0.4, -0.2) is 36.7 Å². The van der Waals surface area contributed by atoms with E-state index < -0.39 is 0 Å². The molecule has 5 nitrogen and oxygen atoms in total. The van der Waals surface area contributed by atoms with Crippen molar-refractivity contribution in [1.82, 2.24) is 9.88 Å². The van der Waals surface area contributed by atoms with Crippen LogP contribution in [0, 0.1) is 5.92 Å². The van der Waals surface area contributed by atoms with Gasteiger partial charge < -0.3 is 15.1 Å². The molecule has 1 atom stereocenters.